The van der Waals surface area contributed by atoms with E-state index in [9.17, 15) is 0 Å². The minimum atomic E-state index is -0.669. The predicted molar refractivity (Wildman–Crippen MR) is 79.4 cm³/mol. The average Bonchev–Trinajstić information content (AvgIpc) is 3.23. The second-order valence-corrected chi connectivity index (χ2v) is 4.41. The van der Waals surface area contributed by atoms with Crippen molar-refractivity contribution in [2.24, 2.45) is 5.73 Å². The molecule has 128 valence electrons. The number of benzene rings is 1. The lowest BCUT2D eigenvalue weighted by atomic mass is 10.3. The SMILES string of the molecule is CC(O)CO.NCCO.Oc1ccc(OCC2O[C@H]2O)cc1. The van der Waals surface area contributed by atoms with Crippen molar-refractivity contribution in [3.05, 3.63) is 24.3 Å². The molecule has 0 aliphatic carbocycles. The molecular formula is C14H25NO7. The van der Waals surface area contributed by atoms with Gasteiger partial charge in [-0.3, -0.25) is 0 Å². The molecule has 8 heteroatoms. The van der Waals surface area contributed by atoms with Crippen LogP contribution in [0.15, 0.2) is 24.3 Å². The quantitative estimate of drug-likeness (QED) is 0.370. The number of aliphatic hydroxyl groups is 4. The summed E-state index contributed by atoms with van der Waals surface area (Å²) in [5.41, 5.74) is 4.78. The number of nitrogens with two attached hydrogens (primary N) is 1. The molecule has 0 saturated carbocycles. The van der Waals surface area contributed by atoms with Gasteiger partial charge in [0.05, 0.1) is 19.3 Å². The van der Waals surface area contributed by atoms with Crippen LogP contribution in [0.4, 0.5) is 0 Å². The number of phenols is 1. The zero-order valence-electron chi connectivity index (χ0n) is 12.5. The van der Waals surface area contributed by atoms with Crippen LogP contribution in [0.1, 0.15) is 6.92 Å². The third-order valence-electron chi connectivity index (χ3n) is 2.20. The molecule has 1 heterocycles. The molecule has 1 fully saturated rings. The molecule has 0 spiro atoms. The van der Waals surface area contributed by atoms with Gasteiger partial charge in [-0.2, -0.15) is 0 Å². The number of rotatable bonds is 5. The van der Waals surface area contributed by atoms with Crippen molar-refractivity contribution in [3.8, 4) is 11.5 Å². The van der Waals surface area contributed by atoms with Gasteiger partial charge < -0.3 is 40.7 Å². The highest BCUT2D eigenvalue weighted by Crippen LogP contribution is 2.21. The molecule has 0 amide bonds. The predicted octanol–water partition coefficient (Wildman–Crippen LogP) is -1.21. The van der Waals surface area contributed by atoms with Crippen LogP contribution in [-0.2, 0) is 4.74 Å². The molecule has 3 atom stereocenters. The first-order valence-corrected chi connectivity index (χ1v) is 6.79. The molecule has 0 radical (unpaired) electrons. The summed E-state index contributed by atoms with van der Waals surface area (Å²) in [5, 5.41) is 41.5. The summed E-state index contributed by atoms with van der Waals surface area (Å²) in [6, 6.07) is 6.40. The maximum Gasteiger partial charge on any atom is 0.185 e. The lowest BCUT2D eigenvalue weighted by molar-refractivity contribution is 0.110. The Hall–Kier alpha value is -1.42. The van der Waals surface area contributed by atoms with E-state index in [-0.39, 0.29) is 25.1 Å². The monoisotopic (exact) mass is 319 g/mol. The van der Waals surface area contributed by atoms with Crippen LogP contribution in [0, 0.1) is 0 Å². The largest absolute Gasteiger partial charge is 0.508 e. The Morgan fingerprint density at radius 3 is 2.05 bits per heavy atom. The molecule has 1 aromatic rings. The fourth-order valence-corrected chi connectivity index (χ4v) is 0.976. The van der Waals surface area contributed by atoms with Crippen LogP contribution in [0.3, 0.4) is 0 Å². The molecule has 1 aromatic carbocycles. The highest BCUT2D eigenvalue weighted by molar-refractivity contribution is 5.30. The van der Waals surface area contributed by atoms with E-state index in [4.69, 9.17) is 40.7 Å². The van der Waals surface area contributed by atoms with Crippen LogP contribution >= 0.6 is 0 Å². The van der Waals surface area contributed by atoms with Crippen LogP contribution in [-0.4, -0.2) is 70.4 Å². The van der Waals surface area contributed by atoms with Gasteiger partial charge in [-0.05, 0) is 31.2 Å². The van der Waals surface area contributed by atoms with Crippen LogP contribution in [0.25, 0.3) is 0 Å². The number of hydrogen-bond acceptors (Lipinski definition) is 8. The number of epoxide rings is 1. The van der Waals surface area contributed by atoms with Gasteiger partial charge in [-0.25, -0.2) is 0 Å². The standard InChI is InChI=1S/C9H10O4.C3H8O2.C2H7NO/c10-6-1-3-7(4-2-6)12-5-8-9(11)13-8;1-3(5)2-4;3-1-2-4/h1-4,8-11H,5H2;3-5H,2H2,1H3;4H,1-3H2/t8?,9-;;/m1../s1. The summed E-state index contributed by atoms with van der Waals surface area (Å²) in [6.07, 6.45) is -1.43. The van der Waals surface area contributed by atoms with Crippen molar-refractivity contribution < 1.29 is 35.0 Å². The van der Waals surface area contributed by atoms with Crippen molar-refractivity contribution in [1.29, 1.82) is 0 Å². The normalized spacial score (nSPS) is 19.9. The fraction of sp³-hybridized carbons (Fsp3) is 0.571. The third-order valence-corrected chi connectivity index (χ3v) is 2.20. The molecule has 1 saturated heterocycles. The van der Waals surface area contributed by atoms with Crippen LogP contribution in [0.5, 0.6) is 11.5 Å². The number of ether oxygens (including phenoxy) is 2. The van der Waals surface area contributed by atoms with E-state index in [0.717, 1.165) is 0 Å². The van der Waals surface area contributed by atoms with Crippen molar-refractivity contribution in [1.82, 2.24) is 0 Å². The summed E-state index contributed by atoms with van der Waals surface area (Å²) in [4.78, 5) is 0. The fourth-order valence-electron chi connectivity index (χ4n) is 0.976. The van der Waals surface area contributed by atoms with Crippen LogP contribution in [0.2, 0.25) is 0 Å². The maximum absolute atomic E-state index is 8.97. The van der Waals surface area contributed by atoms with E-state index in [1.165, 1.54) is 6.92 Å². The van der Waals surface area contributed by atoms with Gasteiger partial charge in [0.2, 0.25) is 0 Å². The summed E-state index contributed by atoms with van der Waals surface area (Å²) in [5.74, 6) is 0.857. The topological polar surface area (TPSA) is 149 Å². The summed E-state index contributed by atoms with van der Waals surface area (Å²) >= 11 is 0. The van der Waals surface area contributed by atoms with Crippen molar-refractivity contribution >= 4 is 0 Å². The van der Waals surface area contributed by atoms with Gasteiger partial charge in [0, 0.05) is 6.54 Å². The first-order valence-electron chi connectivity index (χ1n) is 6.79. The minimum Gasteiger partial charge on any atom is -0.508 e. The summed E-state index contributed by atoms with van der Waals surface area (Å²) in [7, 11) is 0. The molecule has 7 N–H and O–H groups in total. The van der Waals surface area contributed by atoms with Crippen molar-refractivity contribution in [2.75, 3.05) is 26.4 Å². The Balaban J connectivity index is 0.000000411. The van der Waals surface area contributed by atoms with Gasteiger partial charge in [-0.1, -0.05) is 0 Å². The number of hydrogen-bond donors (Lipinski definition) is 6. The molecule has 1 aliphatic heterocycles. The third kappa shape index (κ3) is 11.3. The number of aliphatic hydroxyl groups excluding tert-OH is 4. The zero-order chi connectivity index (χ0) is 17.0. The van der Waals surface area contributed by atoms with E-state index in [1.54, 1.807) is 24.3 Å². The van der Waals surface area contributed by atoms with Gasteiger partial charge in [0.1, 0.15) is 24.2 Å². The van der Waals surface area contributed by atoms with E-state index in [0.29, 0.717) is 18.9 Å². The average molecular weight is 319 g/mol. The molecule has 22 heavy (non-hydrogen) atoms. The smallest absolute Gasteiger partial charge is 0.185 e. The van der Waals surface area contributed by atoms with Gasteiger partial charge in [-0.15, -0.1) is 0 Å². The second-order valence-electron chi connectivity index (χ2n) is 4.41. The lowest BCUT2D eigenvalue weighted by Gasteiger charge is -2.02. The number of phenolic OH excluding ortho intramolecular Hbond substituents is 1. The van der Waals surface area contributed by atoms with E-state index >= 15 is 0 Å². The minimum absolute atomic E-state index is 0.0972. The second kappa shape index (κ2) is 12.2. The molecule has 0 bridgehead atoms. The van der Waals surface area contributed by atoms with Crippen LogP contribution < -0.4 is 10.5 Å². The Labute approximate surface area is 129 Å². The Morgan fingerprint density at radius 1 is 1.27 bits per heavy atom. The first-order chi connectivity index (χ1) is 10.4. The Morgan fingerprint density at radius 2 is 1.73 bits per heavy atom. The highest BCUT2D eigenvalue weighted by atomic mass is 16.7. The highest BCUT2D eigenvalue weighted by Gasteiger charge is 2.37. The van der Waals surface area contributed by atoms with Crippen molar-refractivity contribution in [3.63, 3.8) is 0 Å². The molecule has 2 unspecified atom stereocenters. The number of aromatic hydroxyl groups is 1. The maximum atomic E-state index is 8.97. The van der Waals surface area contributed by atoms with Crippen molar-refractivity contribution in [2.45, 2.75) is 25.4 Å². The summed E-state index contributed by atoms with van der Waals surface area (Å²) in [6.45, 7) is 2.20. The van der Waals surface area contributed by atoms with E-state index in [2.05, 4.69) is 0 Å². The lowest BCUT2D eigenvalue weighted by Crippen LogP contribution is -2.06. The molecule has 8 nitrogen and oxygen atoms in total. The molecule has 0 aromatic heterocycles. The molecular weight excluding hydrogens is 294 g/mol. The molecule has 2 rings (SSSR count). The molecule has 1 aliphatic rings. The summed E-state index contributed by atoms with van der Waals surface area (Å²) < 4.78 is 10.0. The Bertz CT molecular complexity index is 370. The van der Waals surface area contributed by atoms with Gasteiger partial charge in [0.25, 0.3) is 0 Å². The van der Waals surface area contributed by atoms with E-state index < -0.39 is 12.4 Å². The Kier molecular flexibility index (Phi) is 11.4. The first kappa shape index (κ1) is 20.6. The van der Waals surface area contributed by atoms with Gasteiger partial charge in [0.15, 0.2) is 6.29 Å². The van der Waals surface area contributed by atoms with E-state index in [1.807, 2.05) is 0 Å². The van der Waals surface area contributed by atoms with Gasteiger partial charge >= 0.3 is 0 Å². The zero-order valence-corrected chi connectivity index (χ0v) is 12.5.